The fourth-order valence-corrected chi connectivity index (χ4v) is 1.93. The second kappa shape index (κ2) is 4.78. The number of hydrogen-bond acceptors (Lipinski definition) is 2. The fourth-order valence-electron chi connectivity index (χ4n) is 1.93. The molecule has 1 atom stereocenters. The summed E-state index contributed by atoms with van der Waals surface area (Å²) in [6.07, 6.45) is 2.98. The van der Waals surface area contributed by atoms with Crippen molar-refractivity contribution in [3.05, 3.63) is 0 Å². The van der Waals surface area contributed by atoms with E-state index in [9.17, 15) is 4.79 Å². The Labute approximate surface area is 86.6 Å². The van der Waals surface area contributed by atoms with Crippen LogP contribution in [0.5, 0.6) is 0 Å². The summed E-state index contributed by atoms with van der Waals surface area (Å²) >= 11 is 0. The lowest BCUT2D eigenvalue weighted by atomic mass is 9.93. The highest BCUT2D eigenvalue weighted by molar-refractivity contribution is 5.86. The van der Waals surface area contributed by atoms with Crippen LogP contribution in [0.3, 0.4) is 0 Å². The van der Waals surface area contributed by atoms with E-state index in [4.69, 9.17) is 0 Å². The van der Waals surface area contributed by atoms with Gasteiger partial charge < -0.3 is 10.6 Å². The Kier molecular flexibility index (Phi) is 3.93. The van der Waals surface area contributed by atoms with Gasteiger partial charge in [-0.2, -0.15) is 0 Å². The van der Waals surface area contributed by atoms with Crippen LogP contribution in [0, 0.1) is 5.92 Å². The van der Waals surface area contributed by atoms with Crippen molar-refractivity contribution >= 4 is 5.91 Å². The molecule has 1 amide bonds. The van der Waals surface area contributed by atoms with Crippen molar-refractivity contribution in [2.24, 2.45) is 5.92 Å². The molecule has 14 heavy (non-hydrogen) atoms. The monoisotopic (exact) mass is 198 g/mol. The Bertz CT molecular complexity index is 195. The lowest BCUT2D eigenvalue weighted by Gasteiger charge is -2.27. The van der Waals surface area contributed by atoms with Crippen molar-refractivity contribution in [3.8, 4) is 0 Å². The number of carbonyl (C=O) groups is 1. The summed E-state index contributed by atoms with van der Waals surface area (Å²) in [5, 5.41) is 6.35. The first-order chi connectivity index (χ1) is 6.60. The van der Waals surface area contributed by atoms with Crippen LogP contribution in [0.1, 0.15) is 40.0 Å². The van der Waals surface area contributed by atoms with Gasteiger partial charge in [-0.25, -0.2) is 0 Å². The Hall–Kier alpha value is -0.570. The van der Waals surface area contributed by atoms with E-state index in [1.807, 2.05) is 0 Å². The average molecular weight is 198 g/mol. The molecule has 0 bridgehead atoms. The molecule has 2 N–H and O–H groups in total. The van der Waals surface area contributed by atoms with E-state index in [1.54, 1.807) is 0 Å². The minimum absolute atomic E-state index is 0.186. The van der Waals surface area contributed by atoms with Crippen LogP contribution in [0.2, 0.25) is 0 Å². The van der Waals surface area contributed by atoms with E-state index in [0.717, 1.165) is 32.4 Å². The standard InChI is InChI=1S/C11H22N2O/c1-4-11(6-5-7-13-11)10(14)12-8-9(2)3/h9,13H,4-8H2,1-3H3,(H,12,14). The lowest BCUT2D eigenvalue weighted by Crippen LogP contribution is -2.53. The first-order valence-corrected chi connectivity index (χ1v) is 5.64. The van der Waals surface area contributed by atoms with Crippen LogP contribution < -0.4 is 10.6 Å². The molecule has 0 aliphatic carbocycles. The number of hydrogen-bond donors (Lipinski definition) is 2. The summed E-state index contributed by atoms with van der Waals surface area (Å²) in [6.45, 7) is 8.06. The van der Waals surface area contributed by atoms with Gasteiger partial charge in [-0.1, -0.05) is 20.8 Å². The molecule has 0 aromatic rings. The van der Waals surface area contributed by atoms with E-state index < -0.39 is 0 Å². The third kappa shape index (κ3) is 2.47. The molecule has 1 saturated heterocycles. The number of rotatable bonds is 4. The molecule has 0 spiro atoms. The Morgan fingerprint density at radius 3 is 2.71 bits per heavy atom. The molecule has 0 saturated carbocycles. The van der Waals surface area contributed by atoms with Gasteiger partial charge in [0.2, 0.25) is 5.91 Å². The van der Waals surface area contributed by atoms with Crippen molar-refractivity contribution in [3.63, 3.8) is 0 Å². The molecule has 3 heteroatoms. The maximum absolute atomic E-state index is 11.9. The summed E-state index contributed by atoms with van der Waals surface area (Å²) in [6, 6.07) is 0. The van der Waals surface area contributed by atoms with Crippen molar-refractivity contribution in [1.29, 1.82) is 0 Å². The second-order valence-electron chi connectivity index (χ2n) is 4.57. The van der Waals surface area contributed by atoms with Gasteiger partial charge in [0.25, 0.3) is 0 Å². The molecular formula is C11H22N2O. The van der Waals surface area contributed by atoms with Gasteiger partial charge in [-0.05, 0) is 31.7 Å². The molecule has 0 aromatic carbocycles. The Morgan fingerprint density at radius 2 is 2.29 bits per heavy atom. The number of amides is 1. The van der Waals surface area contributed by atoms with Gasteiger partial charge in [-0.3, -0.25) is 4.79 Å². The zero-order valence-corrected chi connectivity index (χ0v) is 9.52. The van der Waals surface area contributed by atoms with Gasteiger partial charge in [0, 0.05) is 6.54 Å². The largest absolute Gasteiger partial charge is 0.354 e. The van der Waals surface area contributed by atoms with Crippen LogP contribution in [0.4, 0.5) is 0 Å². The number of nitrogens with one attached hydrogen (secondary N) is 2. The first kappa shape index (κ1) is 11.5. The maximum atomic E-state index is 11.9. The molecule has 1 rings (SSSR count). The van der Waals surface area contributed by atoms with Gasteiger partial charge in [0.05, 0.1) is 5.54 Å². The predicted molar refractivity (Wildman–Crippen MR) is 58.1 cm³/mol. The molecule has 1 aliphatic rings. The summed E-state index contributed by atoms with van der Waals surface area (Å²) in [7, 11) is 0. The van der Waals surface area contributed by atoms with Gasteiger partial charge in [0.15, 0.2) is 0 Å². The molecule has 1 unspecified atom stereocenters. The molecule has 1 aliphatic heterocycles. The van der Waals surface area contributed by atoms with Crippen molar-refractivity contribution in [1.82, 2.24) is 10.6 Å². The zero-order valence-electron chi connectivity index (χ0n) is 9.52. The Morgan fingerprint density at radius 1 is 1.57 bits per heavy atom. The highest BCUT2D eigenvalue weighted by Gasteiger charge is 2.38. The van der Waals surface area contributed by atoms with Gasteiger partial charge >= 0.3 is 0 Å². The normalized spacial score (nSPS) is 26.9. The van der Waals surface area contributed by atoms with Crippen molar-refractivity contribution in [2.75, 3.05) is 13.1 Å². The third-order valence-electron chi connectivity index (χ3n) is 2.95. The summed E-state index contributed by atoms with van der Waals surface area (Å²) in [5.41, 5.74) is -0.269. The van der Waals surface area contributed by atoms with Gasteiger partial charge in [0.1, 0.15) is 0 Å². The minimum atomic E-state index is -0.269. The van der Waals surface area contributed by atoms with Gasteiger partial charge in [-0.15, -0.1) is 0 Å². The van der Waals surface area contributed by atoms with E-state index >= 15 is 0 Å². The van der Waals surface area contributed by atoms with E-state index in [-0.39, 0.29) is 11.4 Å². The molecule has 0 aromatic heterocycles. The highest BCUT2D eigenvalue weighted by atomic mass is 16.2. The van der Waals surface area contributed by atoms with Crippen LogP contribution in [0.25, 0.3) is 0 Å². The van der Waals surface area contributed by atoms with Crippen LogP contribution in [-0.4, -0.2) is 24.5 Å². The lowest BCUT2D eigenvalue weighted by molar-refractivity contribution is -0.127. The fraction of sp³-hybridized carbons (Fsp3) is 0.909. The van der Waals surface area contributed by atoms with Crippen molar-refractivity contribution < 1.29 is 4.79 Å². The Balaban J connectivity index is 2.48. The quantitative estimate of drug-likeness (QED) is 0.714. The molecule has 1 heterocycles. The molecule has 1 fully saturated rings. The topological polar surface area (TPSA) is 41.1 Å². The van der Waals surface area contributed by atoms with E-state index in [2.05, 4.69) is 31.4 Å². The molecule has 82 valence electrons. The van der Waals surface area contributed by atoms with Crippen LogP contribution >= 0.6 is 0 Å². The van der Waals surface area contributed by atoms with E-state index in [0.29, 0.717) is 5.92 Å². The minimum Gasteiger partial charge on any atom is -0.354 e. The van der Waals surface area contributed by atoms with Crippen LogP contribution in [0.15, 0.2) is 0 Å². The summed E-state index contributed by atoms with van der Waals surface area (Å²) in [5.74, 6) is 0.709. The van der Waals surface area contributed by atoms with Crippen LogP contribution in [-0.2, 0) is 4.79 Å². The second-order valence-corrected chi connectivity index (χ2v) is 4.57. The average Bonchev–Trinajstić information content (AvgIpc) is 2.63. The highest BCUT2D eigenvalue weighted by Crippen LogP contribution is 2.22. The molecule has 3 nitrogen and oxygen atoms in total. The number of carbonyl (C=O) groups excluding carboxylic acids is 1. The molecular weight excluding hydrogens is 176 g/mol. The first-order valence-electron chi connectivity index (χ1n) is 5.64. The summed E-state index contributed by atoms with van der Waals surface area (Å²) in [4.78, 5) is 11.9. The predicted octanol–water partition coefficient (Wildman–Crippen LogP) is 1.29. The van der Waals surface area contributed by atoms with Crippen molar-refractivity contribution in [2.45, 2.75) is 45.6 Å². The third-order valence-corrected chi connectivity index (χ3v) is 2.95. The smallest absolute Gasteiger partial charge is 0.240 e. The summed E-state index contributed by atoms with van der Waals surface area (Å²) < 4.78 is 0. The SMILES string of the molecule is CCC1(C(=O)NCC(C)C)CCCN1. The maximum Gasteiger partial charge on any atom is 0.240 e. The molecule has 0 radical (unpaired) electrons. The van der Waals surface area contributed by atoms with E-state index in [1.165, 1.54) is 0 Å². The zero-order chi connectivity index (χ0) is 10.6.